The molecule has 1 aliphatic rings. The lowest BCUT2D eigenvalue weighted by Crippen LogP contribution is -2.20. The Kier molecular flexibility index (Phi) is 4.08. The molecule has 1 N–H and O–H groups in total. The Morgan fingerprint density at radius 2 is 2.25 bits per heavy atom. The lowest BCUT2D eigenvalue weighted by atomic mass is 10.1. The molecule has 1 aromatic carbocycles. The highest BCUT2D eigenvalue weighted by molar-refractivity contribution is 7.99. The predicted octanol–water partition coefficient (Wildman–Crippen LogP) is 3.80. The molecule has 0 spiro atoms. The van der Waals surface area contributed by atoms with Crippen LogP contribution in [0, 0.1) is 11.3 Å². The summed E-state index contributed by atoms with van der Waals surface area (Å²) in [6, 6.07) is 11.9. The Morgan fingerprint density at radius 1 is 1.35 bits per heavy atom. The van der Waals surface area contributed by atoms with E-state index in [1.54, 1.807) is 0 Å². The van der Waals surface area contributed by atoms with E-state index in [0.717, 1.165) is 23.3 Å². The van der Waals surface area contributed by atoms with Gasteiger partial charge in [-0.3, -0.25) is 0 Å². The quantitative estimate of drug-likeness (QED) is 0.930. The number of hydrogen-bond acceptors (Lipinski definition) is 4. The SMILES string of the molecule is N#Cc1cc(NCC2CCCCS2)nc2ccccc12. The normalized spacial score (nSPS) is 18.6. The average molecular weight is 283 g/mol. The van der Waals surface area contributed by atoms with Crippen LogP contribution in [0.5, 0.6) is 0 Å². The molecule has 102 valence electrons. The molecule has 3 nitrogen and oxygen atoms in total. The van der Waals surface area contributed by atoms with Crippen molar-refractivity contribution in [1.29, 1.82) is 5.26 Å². The smallest absolute Gasteiger partial charge is 0.128 e. The van der Waals surface area contributed by atoms with Gasteiger partial charge in [-0.1, -0.05) is 24.6 Å². The van der Waals surface area contributed by atoms with E-state index in [1.807, 2.05) is 42.1 Å². The highest BCUT2D eigenvalue weighted by Gasteiger charge is 2.14. The lowest BCUT2D eigenvalue weighted by molar-refractivity contribution is 0.677. The summed E-state index contributed by atoms with van der Waals surface area (Å²) in [5.74, 6) is 2.08. The first kappa shape index (κ1) is 13.3. The van der Waals surface area contributed by atoms with Crippen molar-refractivity contribution in [2.24, 2.45) is 0 Å². The Hall–Kier alpha value is -1.73. The second kappa shape index (κ2) is 6.15. The van der Waals surface area contributed by atoms with Crippen molar-refractivity contribution in [3.8, 4) is 6.07 Å². The Labute approximate surface area is 123 Å². The Balaban J connectivity index is 1.79. The van der Waals surface area contributed by atoms with Crippen molar-refractivity contribution in [1.82, 2.24) is 4.98 Å². The first-order valence-electron chi connectivity index (χ1n) is 7.02. The lowest BCUT2D eigenvalue weighted by Gasteiger charge is -2.21. The van der Waals surface area contributed by atoms with Crippen LogP contribution in [-0.4, -0.2) is 22.5 Å². The van der Waals surface area contributed by atoms with E-state index in [-0.39, 0.29) is 0 Å². The molecular formula is C16H17N3S. The van der Waals surface area contributed by atoms with Gasteiger partial charge in [0.1, 0.15) is 5.82 Å². The highest BCUT2D eigenvalue weighted by Crippen LogP contribution is 2.26. The summed E-state index contributed by atoms with van der Waals surface area (Å²) in [6.07, 6.45) is 3.94. The number of para-hydroxylation sites is 1. The van der Waals surface area contributed by atoms with Crippen molar-refractivity contribution in [3.05, 3.63) is 35.9 Å². The van der Waals surface area contributed by atoms with Crippen LogP contribution in [0.1, 0.15) is 24.8 Å². The summed E-state index contributed by atoms with van der Waals surface area (Å²) in [6.45, 7) is 0.931. The number of thioether (sulfide) groups is 1. The maximum absolute atomic E-state index is 9.27. The number of pyridine rings is 1. The number of benzene rings is 1. The molecule has 1 saturated heterocycles. The molecular weight excluding hydrogens is 266 g/mol. The zero-order valence-electron chi connectivity index (χ0n) is 11.3. The van der Waals surface area contributed by atoms with E-state index in [0.29, 0.717) is 10.8 Å². The Morgan fingerprint density at radius 3 is 3.05 bits per heavy atom. The molecule has 1 atom stereocenters. The van der Waals surface area contributed by atoms with E-state index in [4.69, 9.17) is 0 Å². The third-order valence-corrected chi connectivity index (χ3v) is 5.02. The summed E-state index contributed by atoms with van der Waals surface area (Å²) < 4.78 is 0. The fraction of sp³-hybridized carbons (Fsp3) is 0.375. The number of aromatic nitrogens is 1. The molecule has 0 bridgehead atoms. The minimum Gasteiger partial charge on any atom is -0.369 e. The molecule has 2 heterocycles. The van der Waals surface area contributed by atoms with Gasteiger partial charge >= 0.3 is 0 Å². The summed E-state index contributed by atoms with van der Waals surface area (Å²) in [4.78, 5) is 4.60. The minimum absolute atomic E-state index is 0.669. The predicted molar refractivity (Wildman–Crippen MR) is 85.0 cm³/mol. The number of hydrogen-bond donors (Lipinski definition) is 1. The van der Waals surface area contributed by atoms with Gasteiger partial charge in [0.15, 0.2) is 0 Å². The number of nitrogens with one attached hydrogen (secondary N) is 1. The topological polar surface area (TPSA) is 48.7 Å². The van der Waals surface area contributed by atoms with Gasteiger partial charge in [-0.05, 0) is 30.7 Å². The molecule has 1 aliphatic heterocycles. The zero-order valence-corrected chi connectivity index (χ0v) is 12.1. The monoisotopic (exact) mass is 283 g/mol. The average Bonchev–Trinajstić information content (AvgIpc) is 2.53. The molecule has 3 rings (SSSR count). The standard InChI is InChI=1S/C16H17N3S/c17-10-12-9-16(18-11-13-5-3-4-8-20-13)19-15-7-2-1-6-14(12)15/h1-2,6-7,9,13H,3-5,8,11H2,(H,18,19). The maximum Gasteiger partial charge on any atom is 0.128 e. The van der Waals surface area contributed by atoms with Crippen molar-refractivity contribution >= 4 is 28.5 Å². The van der Waals surface area contributed by atoms with Gasteiger partial charge in [-0.25, -0.2) is 4.98 Å². The number of nitriles is 1. The van der Waals surface area contributed by atoms with Gasteiger partial charge in [-0.2, -0.15) is 17.0 Å². The zero-order chi connectivity index (χ0) is 13.8. The summed E-state index contributed by atoms with van der Waals surface area (Å²) in [5, 5.41) is 14.3. The van der Waals surface area contributed by atoms with E-state index in [2.05, 4.69) is 16.4 Å². The molecule has 0 saturated carbocycles. The molecule has 20 heavy (non-hydrogen) atoms. The summed E-state index contributed by atoms with van der Waals surface area (Å²) in [7, 11) is 0. The van der Waals surface area contributed by atoms with Gasteiger partial charge in [0, 0.05) is 17.2 Å². The second-order valence-corrected chi connectivity index (χ2v) is 6.46. The molecule has 0 amide bonds. The van der Waals surface area contributed by atoms with E-state index >= 15 is 0 Å². The van der Waals surface area contributed by atoms with Gasteiger partial charge < -0.3 is 5.32 Å². The number of rotatable bonds is 3. The van der Waals surface area contributed by atoms with Crippen molar-refractivity contribution < 1.29 is 0 Å². The molecule has 1 fully saturated rings. The summed E-state index contributed by atoms with van der Waals surface area (Å²) >= 11 is 2.04. The van der Waals surface area contributed by atoms with Crippen LogP contribution in [0.25, 0.3) is 10.9 Å². The van der Waals surface area contributed by atoms with Crippen LogP contribution in [-0.2, 0) is 0 Å². The minimum atomic E-state index is 0.669. The summed E-state index contributed by atoms with van der Waals surface area (Å²) in [5.41, 5.74) is 1.57. The molecule has 1 aromatic heterocycles. The fourth-order valence-electron chi connectivity index (χ4n) is 2.55. The van der Waals surface area contributed by atoms with Gasteiger partial charge in [0.2, 0.25) is 0 Å². The van der Waals surface area contributed by atoms with Crippen molar-refractivity contribution in [3.63, 3.8) is 0 Å². The van der Waals surface area contributed by atoms with Gasteiger partial charge in [-0.15, -0.1) is 0 Å². The van der Waals surface area contributed by atoms with Crippen LogP contribution >= 0.6 is 11.8 Å². The molecule has 4 heteroatoms. The second-order valence-electron chi connectivity index (χ2n) is 5.05. The third kappa shape index (κ3) is 2.88. The van der Waals surface area contributed by atoms with Gasteiger partial charge in [0.05, 0.1) is 17.1 Å². The molecule has 0 radical (unpaired) electrons. The van der Waals surface area contributed by atoms with Gasteiger partial charge in [0.25, 0.3) is 0 Å². The largest absolute Gasteiger partial charge is 0.369 e. The first-order valence-corrected chi connectivity index (χ1v) is 8.07. The third-order valence-electron chi connectivity index (χ3n) is 3.62. The molecule has 2 aromatic rings. The fourth-order valence-corrected chi connectivity index (χ4v) is 3.78. The number of anilines is 1. The number of fused-ring (bicyclic) bond motifs is 1. The van der Waals surface area contributed by atoms with Crippen LogP contribution in [0.4, 0.5) is 5.82 Å². The number of nitrogens with zero attached hydrogens (tertiary/aromatic N) is 2. The maximum atomic E-state index is 9.27. The first-order chi connectivity index (χ1) is 9.86. The van der Waals surface area contributed by atoms with Crippen molar-refractivity contribution in [2.45, 2.75) is 24.5 Å². The Bertz CT molecular complexity index is 642. The molecule has 0 aliphatic carbocycles. The molecule has 1 unspecified atom stereocenters. The van der Waals surface area contributed by atoms with E-state index in [1.165, 1.54) is 25.0 Å². The van der Waals surface area contributed by atoms with Crippen LogP contribution in [0.15, 0.2) is 30.3 Å². The van der Waals surface area contributed by atoms with E-state index < -0.39 is 0 Å². The van der Waals surface area contributed by atoms with E-state index in [9.17, 15) is 5.26 Å². The van der Waals surface area contributed by atoms with Crippen LogP contribution in [0.2, 0.25) is 0 Å². The van der Waals surface area contributed by atoms with Crippen molar-refractivity contribution in [2.75, 3.05) is 17.6 Å². The highest BCUT2D eigenvalue weighted by atomic mass is 32.2. The van der Waals surface area contributed by atoms with Crippen LogP contribution < -0.4 is 5.32 Å². The van der Waals surface area contributed by atoms with Crippen LogP contribution in [0.3, 0.4) is 0 Å².